The molecule has 0 aromatic heterocycles. The molecule has 0 nitrogen and oxygen atoms in total. The van der Waals surface area contributed by atoms with Gasteiger partial charge >= 0.3 is 0 Å². The Kier molecular flexibility index (Phi) is 4.56. The zero-order valence-corrected chi connectivity index (χ0v) is 13.0. The predicted molar refractivity (Wildman–Crippen MR) is 86.0 cm³/mol. The topological polar surface area (TPSA) is 0 Å². The third-order valence-electron chi connectivity index (χ3n) is 4.88. The first-order chi connectivity index (χ1) is 10.7. The standard InChI is InChI=1S/C20H22F2/c1-2-14-3-5-15(6-4-14)7-8-16-9-10-17-11-12-19(21)20(22)18(17)13-16/h3-6,11-12,16H,2,7-10,13H2,1H3. The number of benzene rings is 2. The molecule has 116 valence electrons. The molecule has 3 rings (SSSR count). The van der Waals surface area contributed by atoms with Gasteiger partial charge in [-0.25, -0.2) is 8.78 Å². The summed E-state index contributed by atoms with van der Waals surface area (Å²) >= 11 is 0. The van der Waals surface area contributed by atoms with Crippen molar-refractivity contribution in [2.75, 3.05) is 0 Å². The Labute approximate surface area is 131 Å². The second kappa shape index (κ2) is 6.60. The van der Waals surface area contributed by atoms with Crippen molar-refractivity contribution in [3.63, 3.8) is 0 Å². The van der Waals surface area contributed by atoms with Crippen molar-refractivity contribution in [2.24, 2.45) is 5.92 Å². The van der Waals surface area contributed by atoms with Gasteiger partial charge in [-0.3, -0.25) is 0 Å². The number of rotatable bonds is 4. The molecule has 0 saturated carbocycles. The van der Waals surface area contributed by atoms with Crippen LogP contribution in [0.3, 0.4) is 0 Å². The van der Waals surface area contributed by atoms with Crippen molar-refractivity contribution >= 4 is 0 Å². The summed E-state index contributed by atoms with van der Waals surface area (Å²) in [4.78, 5) is 0. The quantitative estimate of drug-likeness (QED) is 0.722. The molecule has 2 aromatic rings. The van der Waals surface area contributed by atoms with Crippen molar-refractivity contribution in [3.8, 4) is 0 Å². The van der Waals surface area contributed by atoms with E-state index in [4.69, 9.17) is 0 Å². The Hall–Kier alpha value is -1.70. The van der Waals surface area contributed by atoms with Crippen LogP contribution < -0.4 is 0 Å². The fourth-order valence-electron chi connectivity index (χ4n) is 3.40. The van der Waals surface area contributed by atoms with E-state index in [1.54, 1.807) is 6.07 Å². The van der Waals surface area contributed by atoms with Gasteiger partial charge in [-0.1, -0.05) is 37.3 Å². The van der Waals surface area contributed by atoms with Crippen LogP contribution in [0.1, 0.15) is 42.0 Å². The van der Waals surface area contributed by atoms with Crippen molar-refractivity contribution in [1.82, 2.24) is 0 Å². The van der Waals surface area contributed by atoms with Gasteiger partial charge in [0.1, 0.15) is 0 Å². The zero-order valence-electron chi connectivity index (χ0n) is 13.0. The number of halogens is 2. The fraction of sp³-hybridized carbons (Fsp3) is 0.400. The van der Waals surface area contributed by atoms with Crippen molar-refractivity contribution < 1.29 is 8.78 Å². The van der Waals surface area contributed by atoms with Gasteiger partial charge in [-0.05, 0) is 72.8 Å². The number of fused-ring (bicyclic) bond motifs is 1. The first-order valence-corrected chi connectivity index (χ1v) is 8.21. The molecule has 1 aliphatic rings. The maximum atomic E-state index is 13.9. The monoisotopic (exact) mass is 300 g/mol. The molecule has 0 spiro atoms. The van der Waals surface area contributed by atoms with E-state index < -0.39 is 11.6 Å². The third-order valence-corrected chi connectivity index (χ3v) is 4.88. The molecule has 0 heterocycles. The smallest absolute Gasteiger partial charge is 0.162 e. The van der Waals surface area contributed by atoms with E-state index in [0.717, 1.165) is 37.7 Å². The van der Waals surface area contributed by atoms with Crippen molar-refractivity contribution in [3.05, 3.63) is 70.3 Å². The largest absolute Gasteiger partial charge is 0.204 e. The van der Waals surface area contributed by atoms with Crippen LogP contribution in [-0.4, -0.2) is 0 Å². The van der Waals surface area contributed by atoms with Gasteiger partial charge in [0, 0.05) is 0 Å². The van der Waals surface area contributed by atoms with E-state index in [2.05, 4.69) is 31.2 Å². The lowest BCUT2D eigenvalue weighted by molar-refractivity contribution is 0.405. The summed E-state index contributed by atoms with van der Waals surface area (Å²) in [6.07, 6.45) is 5.73. The van der Waals surface area contributed by atoms with E-state index in [1.807, 2.05) is 0 Å². The van der Waals surface area contributed by atoms with Gasteiger partial charge < -0.3 is 0 Å². The highest BCUT2D eigenvalue weighted by atomic mass is 19.2. The Morgan fingerprint density at radius 1 is 1.00 bits per heavy atom. The predicted octanol–water partition coefficient (Wildman–Crippen LogP) is 5.26. The van der Waals surface area contributed by atoms with Gasteiger partial charge in [-0.15, -0.1) is 0 Å². The van der Waals surface area contributed by atoms with Gasteiger partial charge in [-0.2, -0.15) is 0 Å². The molecular weight excluding hydrogens is 278 g/mol. The Morgan fingerprint density at radius 3 is 2.45 bits per heavy atom. The van der Waals surface area contributed by atoms with Gasteiger partial charge in [0.15, 0.2) is 11.6 Å². The molecule has 0 fully saturated rings. The van der Waals surface area contributed by atoms with Crippen LogP contribution in [0.15, 0.2) is 36.4 Å². The summed E-state index contributed by atoms with van der Waals surface area (Å²) < 4.78 is 27.3. The van der Waals surface area contributed by atoms with Crippen molar-refractivity contribution in [2.45, 2.75) is 45.4 Å². The second-order valence-electron chi connectivity index (χ2n) is 6.32. The Bertz CT molecular complexity index is 644. The number of hydrogen-bond acceptors (Lipinski definition) is 0. The van der Waals surface area contributed by atoms with E-state index in [9.17, 15) is 8.78 Å². The molecule has 0 bridgehead atoms. The lowest BCUT2D eigenvalue weighted by atomic mass is 9.81. The molecule has 1 atom stereocenters. The van der Waals surface area contributed by atoms with Crippen LogP contribution in [0.5, 0.6) is 0 Å². The molecule has 22 heavy (non-hydrogen) atoms. The van der Waals surface area contributed by atoms with Crippen LogP contribution in [0, 0.1) is 17.6 Å². The molecule has 2 heteroatoms. The lowest BCUT2D eigenvalue weighted by Gasteiger charge is -2.25. The molecule has 0 saturated heterocycles. The zero-order chi connectivity index (χ0) is 15.5. The van der Waals surface area contributed by atoms with Crippen LogP contribution in [-0.2, 0) is 25.7 Å². The first kappa shape index (κ1) is 15.2. The average molecular weight is 300 g/mol. The molecule has 1 unspecified atom stereocenters. The highest BCUT2D eigenvalue weighted by Crippen LogP contribution is 2.31. The van der Waals surface area contributed by atoms with Crippen LogP contribution in [0.4, 0.5) is 8.78 Å². The Morgan fingerprint density at radius 2 is 1.73 bits per heavy atom. The minimum atomic E-state index is -0.713. The fourth-order valence-corrected chi connectivity index (χ4v) is 3.40. The van der Waals surface area contributed by atoms with Gasteiger partial charge in [0.25, 0.3) is 0 Å². The summed E-state index contributed by atoms with van der Waals surface area (Å²) in [5.41, 5.74) is 4.29. The third kappa shape index (κ3) is 3.21. The van der Waals surface area contributed by atoms with Crippen LogP contribution >= 0.6 is 0 Å². The normalized spacial score (nSPS) is 17.3. The SMILES string of the molecule is CCc1ccc(CCC2CCc3ccc(F)c(F)c3C2)cc1. The molecule has 0 N–H and O–H groups in total. The molecule has 1 aliphatic carbocycles. The van der Waals surface area contributed by atoms with E-state index in [-0.39, 0.29) is 0 Å². The number of aryl methyl sites for hydroxylation is 3. The molecule has 2 aromatic carbocycles. The van der Waals surface area contributed by atoms with Crippen LogP contribution in [0.25, 0.3) is 0 Å². The maximum absolute atomic E-state index is 13.9. The number of hydrogen-bond donors (Lipinski definition) is 0. The minimum absolute atomic E-state index is 0.453. The van der Waals surface area contributed by atoms with E-state index in [1.165, 1.54) is 17.2 Å². The van der Waals surface area contributed by atoms with Gasteiger partial charge in [0.05, 0.1) is 0 Å². The minimum Gasteiger partial charge on any atom is -0.204 e. The highest BCUT2D eigenvalue weighted by molar-refractivity contribution is 5.32. The maximum Gasteiger partial charge on any atom is 0.162 e. The first-order valence-electron chi connectivity index (χ1n) is 8.21. The highest BCUT2D eigenvalue weighted by Gasteiger charge is 2.23. The molecular formula is C20H22F2. The summed E-state index contributed by atoms with van der Waals surface area (Å²) in [7, 11) is 0. The van der Waals surface area contributed by atoms with Crippen molar-refractivity contribution in [1.29, 1.82) is 0 Å². The summed E-state index contributed by atoms with van der Waals surface area (Å²) in [6.45, 7) is 2.15. The molecule has 0 aliphatic heterocycles. The van der Waals surface area contributed by atoms with E-state index >= 15 is 0 Å². The lowest BCUT2D eigenvalue weighted by Crippen LogP contribution is -2.17. The molecule has 0 radical (unpaired) electrons. The Balaban J connectivity index is 1.63. The summed E-state index contributed by atoms with van der Waals surface area (Å²) in [6, 6.07) is 11.7. The van der Waals surface area contributed by atoms with Gasteiger partial charge in [0.2, 0.25) is 0 Å². The second-order valence-corrected chi connectivity index (χ2v) is 6.32. The molecule has 0 amide bonds. The average Bonchev–Trinajstić information content (AvgIpc) is 2.57. The summed E-state index contributed by atoms with van der Waals surface area (Å²) in [5.74, 6) is -0.890. The van der Waals surface area contributed by atoms with Crippen LogP contribution in [0.2, 0.25) is 0 Å². The van der Waals surface area contributed by atoms with E-state index in [0.29, 0.717) is 17.9 Å². The summed E-state index contributed by atoms with van der Waals surface area (Å²) in [5, 5.41) is 0.